The van der Waals surface area contributed by atoms with Crippen LogP contribution in [0.3, 0.4) is 0 Å². The van der Waals surface area contributed by atoms with E-state index in [0.29, 0.717) is 21.8 Å². The Kier molecular flexibility index (Phi) is 7.33. The van der Waals surface area contributed by atoms with Gasteiger partial charge in [0.05, 0.1) is 11.3 Å². The largest absolute Gasteiger partial charge is 0.486 e. The van der Waals surface area contributed by atoms with Crippen LogP contribution in [0.2, 0.25) is 5.02 Å². The molecule has 6 nitrogen and oxygen atoms in total. The lowest BCUT2D eigenvalue weighted by atomic mass is 10.1. The fraction of sp³-hybridized carbons (Fsp3) is 0.286. The van der Waals surface area contributed by atoms with Crippen molar-refractivity contribution in [2.24, 2.45) is 7.05 Å². The average Bonchev–Trinajstić information content (AvgIpc) is 3.07. The maximum atomic E-state index is 13.1. The molecule has 0 unspecified atom stereocenters. The van der Waals surface area contributed by atoms with E-state index in [2.05, 4.69) is 15.5 Å². The molecule has 2 aromatic carbocycles. The zero-order chi connectivity index (χ0) is 21.7. The van der Waals surface area contributed by atoms with Crippen LogP contribution in [0.1, 0.15) is 31.3 Å². The molecule has 0 spiro atoms. The van der Waals surface area contributed by atoms with Crippen LogP contribution in [0.25, 0.3) is 0 Å². The van der Waals surface area contributed by atoms with Gasteiger partial charge >= 0.3 is 0 Å². The number of thioether (sulfide) groups is 1. The van der Waals surface area contributed by atoms with Gasteiger partial charge in [0.2, 0.25) is 5.91 Å². The van der Waals surface area contributed by atoms with E-state index in [4.69, 9.17) is 16.3 Å². The van der Waals surface area contributed by atoms with E-state index in [1.54, 1.807) is 47.9 Å². The third-order valence-electron chi connectivity index (χ3n) is 4.49. The van der Waals surface area contributed by atoms with Crippen molar-refractivity contribution in [2.45, 2.75) is 36.9 Å². The first kappa shape index (κ1) is 22.1. The second kappa shape index (κ2) is 9.95. The molecule has 30 heavy (non-hydrogen) atoms. The number of hydrogen-bond donors (Lipinski definition) is 1. The molecular formula is C21H22ClFN4O2S. The van der Waals surface area contributed by atoms with Crippen LogP contribution in [0.5, 0.6) is 5.75 Å². The van der Waals surface area contributed by atoms with Gasteiger partial charge in [-0.15, -0.1) is 10.2 Å². The molecule has 3 aromatic rings. The Morgan fingerprint density at radius 2 is 1.83 bits per heavy atom. The molecule has 9 heteroatoms. The summed E-state index contributed by atoms with van der Waals surface area (Å²) in [5, 5.41) is 12.1. The van der Waals surface area contributed by atoms with E-state index < -0.39 is 0 Å². The van der Waals surface area contributed by atoms with Crippen LogP contribution >= 0.6 is 23.4 Å². The predicted octanol–water partition coefficient (Wildman–Crippen LogP) is 4.54. The minimum atomic E-state index is -0.388. The van der Waals surface area contributed by atoms with E-state index in [1.807, 2.05) is 14.0 Å². The molecule has 1 N–H and O–H groups in total. The van der Waals surface area contributed by atoms with Crippen molar-refractivity contribution in [3.8, 4) is 5.75 Å². The SMILES string of the molecule is C[C@@H](Sc1nnc(COc2ccc(Cl)cc2)n1C)C(=O)N[C@H](C)c1ccc(F)cc1. The van der Waals surface area contributed by atoms with Gasteiger partial charge in [0, 0.05) is 12.1 Å². The number of nitrogens with one attached hydrogen (secondary N) is 1. The highest BCUT2D eigenvalue weighted by Crippen LogP contribution is 2.23. The molecule has 0 aliphatic heterocycles. The Hall–Kier alpha value is -2.58. The first-order valence-electron chi connectivity index (χ1n) is 9.32. The van der Waals surface area contributed by atoms with Crippen molar-refractivity contribution in [3.05, 3.63) is 70.8 Å². The van der Waals surface area contributed by atoms with E-state index in [1.165, 1.54) is 23.9 Å². The van der Waals surface area contributed by atoms with Gasteiger partial charge in [-0.2, -0.15) is 0 Å². The Morgan fingerprint density at radius 1 is 1.17 bits per heavy atom. The lowest BCUT2D eigenvalue weighted by molar-refractivity contribution is -0.120. The topological polar surface area (TPSA) is 69.0 Å². The molecule has 0 fully saturated rings. The number of amides is 1. The summed E-state index contributed by atoms with van der Waals surface area (Å²) in [5.41, 5.74) is 0.835. The lowest BCUT2D eigenvalue weighted by Gasteiger charge is -2.17. The lowest BCUT2D eigenvalue weighted by Crippen LogP contribution is -2.33. The highest BCUT2D eigenvalue weighted by Gasteiger charge is 2.21. The van der Waals surface area contributed by atoms with Crippen molar-refractivity contribution in [3.63, 3.8) is 0 Å². The van der Waals surface area contributed by atoms with Gasteiger partial charge in [0.25, 0.3) is 0 Å². The summed E-state index contributed by atoms with van der Waals surface area (Å²) in [7, 11) is 1.83. The van der Waals surface area contributed by atoms with Crippen LogP contribution in [0.15, 0.2) is 53.7 Å². The smallest absolute Gasteiger partial charge is 0.233 e. The number of carbonyl (C=O) groups excluding carboxylic acids is 1. The summed E-state index contributed by atoms with van der Waals surface area (Å²) in [6.45, 7) is 3.90. The fourth-order valence-corrected chi connectivity index (χ4v) is 3.60. The summed E-state index contributed by atoms with van der Waals surface area (Å²) in [6.07, 6.45) is 0. The minimum Gasteiger partial charge on any atom is -0.486 e. The van der Waals surface area contributed by atoms with Crippen LogP contribution in [-0.2, 0) is 18.4 Å². The van der Waals surface area contributed by atoms with Crippen molar-refractivity contribution >= 4 is 29.3 Å². The molecule has 2 atom stereocenters. The first-order valence-corrected chi connectivity index (χ1v) is 10.6. The van der Waals surface area contributed by atoms with E-state index in [-0.39, 0.29) is 29.6 Å². The van der Waals surface area contributed by atoms with Gasteiger partial charge in [-0.05, 0) is 55.8 Å². The zero-order valence-electron chi connectivity index (χ0n) is 16.8. The van der Waals surface area contributed by atoms with Crippen LogP contribution in [0, 0.1) is 5.82 Å². The van der Waals surface area contributed by atoms with E-state index >= 15 is 0 Å². The zero-order valence-corrected chi connectivity index (χ0v) is 18.4. The van der Waals surface area contributed by atoms with Gasteiger partial charge in [-0.25, -0.2) is 4.39 Å². The fourth-order valence-electron chi connectivity index (χ4n) is 2.63. The number of ether oxygens (including phenoxy) is 1. The highest BCUT2D eigenvalue weighted by atomic mass is 35.5. The number of nitrogens with zero attached hydrogens (tertiary/aromatic N) is 3. The first-order chi connectivity index (χ1) is 14.3. The quantitative estimate of drug-likeness (QED) is 0.512. The molecular weight excluding hydrogens is 427 g/mol. The van der Waals surface area contributed by atoms with E-state index in [9.17, 15) is 9.18 Å². The standard InChI is InChI=1S/C21H22ClFN4O2S/c1-13(15-4-8-17(23)9-5-15)24-20(28)14(2)30-21-26-25-19(27(21)3)12-29-18-10-6-16(22)7-11-18/h4-11,13-14H,12H2,1-3H3,(H,24,28)/t13-,14-/m1/s1. The third-order valence-corrected chi connectivity index (χ3v) is 5.87. The van der Waals surface area contributed by atoms with Crippen molar-refractivity contribution < 1.29 is 13.9 Å². The van der Waals surface area contributed by atoms with Crippen LogP contribution in [-0.4, -0.2) is 25.9 Å². The molecule has 3 rings (SSSR count). The number of carbonyl (C=O) groups is 1. The summed E-state index contributed by atoms with van der Waals surface area (Å²) < 4.78 is 20.6. The predicted molar refractivity (Wildman–Crippen MR) is 115 cm³/mol. The molecule has 0 bridgehead atoms. The summed E-state index contributed by atoms with van der Waals surface area (Å²) in [4.78, 5) is 12.6. The number of halogens is 2. The third kappa shape index (κ3) is 5.73. The Morgan fingerprint density at radius 3 is 2.50 bits per heavy atom. The molecule has 0 saturated heterocycles. The molecule has 0 saturated carbocycles. The second-order valence-electron chi connectivity index (χ2n) is 6.74. The van der Waals surface area contributed by atoms with Crippen molar-refractivity contribution in [1.29, 1.82) is 0 Å². The van der Waals surface area contributed by atoms with Gasteiger partial charge in [-0.3, -0.25) is 4.79 Å². The summed E-state index contributed by atoms with van der Waals surface area (Å²) in [5.74, 6) is 0.872. The van der Waals surface area contributed by atoms with Gasteiger partial charge in [-0.1, -0.05) is 35.5 Å². The molecule has 1 heterocycles. The number of benzene rings is 2. The van der Waals surface area contributed by atoms with Gasteiger partial charge < -0.3 is 14.6 Å². The van der Waals surface area contributed by atoms with Crippen molar-refractivity contribution in [2.75, 3.05) is 0 Å². The molecule has 1 aromatic heterocycles. The van der Waals surface area contributed by atoms with Gasteiger partial charge in [0.1, 0.15) is 18.2 Å². The van der Waals surface area contributed by atoms with Gasteiger partial charge in [0.15, 0.2) is 11.0 Å². The maximum Gasteiger partial charge on any atom is 0.233 e. The number of aromatic nitrogens is 3. The van der Waals surface area contributed by atoms with E-state index in [0.717, 1.165) is 5.56 Å². The molecule has 158 valence electrons. The highest BCUT2D eigenvalue weighted by molar-refractivity contribution is 8.00. The van der Waals surface area contributed by atoms with Crippen LogP contribution < -0.4 is 10.1 Å². The molecule has 0 aliphatic carbocycles. The Balaban J connectivity index is 1.55. The minimum absolute atomic E-state index is 0.140. The monoisotopic (exact) mass is 448 g/mol. The van der Waals surface area contributed by atoms with Crippen molar-refractivity contribution in [1.82, 2.24) is 20.1 Å². The Labute approximate surface area is 183 Å². The number of rotatable bonds is 8. The number of hydrogen-bond acceptors (Lipinski definition) is 5. The summed E-state index contributed by atoms with van der Waals surface area (Å²) in [6, 6.07) is 12.9. The average molecular weight is 449 g/mol. The normalized spacial score (nSPS) is 13.0. The maximum absolute atomic E-state index is 13.1. The summed E-state index contributed by atoms with van der Waals surface area (Å²) >= 11 is 7.18. The second-order valence-corrected chi connectivity index (χ2v) is 8.49. The van der Waals surface area contributed by atoms with Crippen LogP contribution in [0.4, 0.5) is 4.39 Å². The molecule has 0 radical (unpaired) electrons. The molecule has 0 aliphatic rings. The molecule has 1 amide bonds. The Bertz CT molecular complexity index is 995.